The predicted molar refractivity (Wildman–Crippen MR) is 89.8 cm³/mol. The summed E-state index contributed by atoms with van der Waals surface area (Å²) in [5.74, 6) is -4.06. The van der Waals surface area contributed by atoms with Gasteiger partial charge in [0, 0.05) is 0 Å². The first-order valence-electron chi connectivity index (χ1n) is 9.20. The third kappa shape index (κ3) is 2.99. The van der Waals surface area contributed by atoms with Crippen molar-refractivity contribution >= 4 is 23.9 Å². The lowest BCUT2D eigenvalue weighted by molar-refractivity contribution is -0.170. The number of fused-ring (bicyclic) bond motifs is 5. The summed E-state index contributed by atoms with van der Waals surface area (Å²) in [6, 6.07) is 0. The van der Waals surface area contributed by atoms with Crippen LogP contribution in [0.2, 0.25) is 0 Å². The summed E-state index contributed by atoms with van der Waals surface area (Å²) < 4.78 is 19.7. The normalized spacial score (nSPS) is 39.3. The zero-order valence-corrected chi connectivity index (χ0v) is 16.0. The van der Waals surface area contributed by atoms with Crippen molar-refractivity contribution in [2.45, 2.75) is 19.3 Å². The second-order valence-corrected chi connectivity index (χ2v) is 7.72. The van der Waals surface area contributed by atoms with Crippen molar-refractivity contribution in [3.05, 3.63) is 0 Å². The van der Waals surface area contributed by atoms with E-state index in [1.807, 2.05) is 0 Å². The van der Waals surface area contributed by atoms with Crippen LogP contribution in [0.4, 0.5) is 0 Å². The molecule has 8 heteroatoms. The third-order valence-electron chi connectivity index (χ3n) is 7.00. The average Bonchev–Trinajstić information content (AvgIpc) is 3.26. The van der Waals surface area contributed by atoms with Crippen LogP contribution in [0.15, 0.2) is 0 Å². The maximum absolute atomic E-state index is 12.4. The Kier molecular flexibility index (Phi) is 5.44. The molecule has 0 saturated heterocycles. The van der Waals surface area contributed by atoms with Gasteiger partial charge in [0.25, 0.3) is 0 Å². The van der Waals surface area contributed by atoms with Crippen LogP contribution in [0.25, 0.3) is 0 Å². The number of carbonyl (C=O) groups excluding carboxylic acids is 4. The van der Waals surface area contributed by atoms with Crippen molar-refractivity contribution in [2.24, 2.45) is 47.3 Å². The molecular weight excluding hydrogens is 356 g/mol. The van der Waals surface area contributed by atoms with E-state index in [4.69, 9.17) is 18.9 Å². The first kappa shape index (κ1) is 19.6. The number of methoxy groups -OCH3 is 4. The molecule has 2 bridgehead atoms. The summed E-state index contributed by atoms with van der Waals surface area (Å²) in [7, 11) is 5.22. The number of rotatable bonds is 4. The third-order valence-corrected chi connectivity index (χ3v) is 7.00. The smallest absolute Gasteiger partial charge is 0.309 e. The van der Waals surface area contributed by atoms with E-state index in [0.29, 0.717) is 19.3 Å². The molecule has 0 aromatic rings. The van der Waals surface area contributed by atoms with Gasteiger partial charge in [-0.05, 0) is 42.9 Å². The zero-order valence-electron chi connectivity index (χ0n) is 16.0. The number of ether oxygens (including phenoxy) is 4. The SMILES string of the molecule is COC(=O)[C@@H]1[C@H](C(=O)OC)[C@@H]2C[C@H]1C1C[C@H](C(=O)OC)[C@H](C(=O)OC)CC12. The fourth-order valence-electron chi connectivity index (χ4n) is 6.01. The lowest BCUT2D eigenvalue weighted by atomic mass is 9.58. The highest BCUT2D eigenvalue weighted by molar-refractivity contribution is 5.85. The highest BCUT2D eigenvalue weighted by atomic mass is 16.5. The van der Waals surface area contributed by atoms with Gasteiger partial charge in [-0.3, -0.25) is 19.2 Å². The van der Waals surface area contributed by atoms with Gasteiger partial charge in [-0.15, -0.1) is 0 Å². The van der Waals surface area contributed by atoms with Gasteiger partial charge in [0.2, 0.25) is 0 Å². The largest absolute Gasteiger partial charge is 0.469 e. The minimum atomic E-state index is -0.599. The topological polar surface area (TPSA) is 105 Å². The predicted octanol–water partition coefficient (Wildman–Crippen LogP) is 0.819. The second-order valence-electron chi connectivity index (χ2n) is 7.72. The lowest BCUT2D eigenvalue weighted by Gasteiger charge is -2.45. The number of hydrogen-bond donors (Lipinski definition) is 0. The summed E-state index contributed by atoms with van der Waals surface area (Å²) in [6.07, 6.45) is 1.58. The first-order valence-corrected chi connectivity index (χ1v) is 9.20. The molecule has 0 aromatic heterocycles. The fraction of sp³-hybridized carbons (Fsp3) is 0.789. The number of carbonyl (C=O) groups is 4. The molecule has 0 N–H and O–H groups in total. The monoisotopic (exact) mass is 382 g/mol. The highest BCUT2D eigenvalue weighted by Crippen LogP contribution is 2.64. The van der Waals surface area contributed by atoms with Gasteiger partial charge in [-0.1, -0.05) is 0 Å². The molecular formula is C19H26O8. The van der Waals surface area contributed by atoms with E-state index < -0.39 is 47.5 Å². The van der Waals surface area contributed by atoms with Gasteiger partial charge in [-0.2, -0.15) is 0 Å². The van der Waals surface area contributed by atoms with Crippen LogP contribution < -0.4 is 0 Å². The molecule has 0 heterocycles. The van der Waals surface area contributed by atoms with Gasteiger partial charge in [-0.25, -0.2) is 0 Å². The molecule has 3 fully saturated rings. The van der Waals surface area contributed by atoms with E-state index in [9.17, 15) is 19.2 Å². The van der Waals surface area contributed by atoms with E-state index in [2.05, 4.69) is 0 Å². The van der Waals surface area contributed by atoms with E-state index in [-0.39, 0.29) is 23.7 Å². The molecule has 3 rings (SSSR count). The number of hydrogen-bond acceptors (Lipinski definition) is 8. The van der Waals surface area contributed by atoms with Gasteiger partial charge in [0.1, 0.15) is 0 Å². The molecule has 150 valence electrons. The first-order chi connectivity index (χ1) is 12.9. The van der Waals surface area contributed by atoms with Crippen LogP contribution in [-0.2, 0) is 38.1 Å². The maximum atomic E-state index is 12.4. The van der Waals surface area contributed by atoms with E-state index >= 15 is 0 Å². The van der Waals surface area contributed by atoms with Crippen LogP contribution in [0.3, 0.4) is 0 Å². The Morgan fingerprint density at radius 3 is 1.15 bits per heavy atom. The second kappa shape index (κ2) is 7.48. The molecule has 8 nitrogen and oxygen atoms in total. The van der Waals surface area contributed by atoms with E-state index in [0.717, 1.165) is 0 Å². The Labute approximate surface area is 157 Å². The van der Waals surface area contributed by atoms with E-state index in [1.54, 1.807) is 0 Å². The summed E-state index contributed by atoms with van der Waals surface area (Å²) in [5, 5.41) is 0. The summed E-state index contributed by atoms with van der Waals surface area (Å²) in [6.45, 7) is 0. The average molecular weight is 382 g/mol. The molecule has 0 aliphatic heterocycles. The molecule has 3 aliphatic rings. The molecule has 3 aliphatic carbocycles. The maximum Gasteiger partial charge on any atom is 0.309 e. The minimum absolute atomic E-state index is 0.0602. The van der Waals surface area contributed by atoms with Crippen molar-refractivity contribution < 1.29 is 38.1 Å². The Hall–Kier alpha value is -2.12. The quantitative estimate of drug-likeness (QED) is 0.520. The molecule has 0 amide bonds. The molecule has 27 heavy (non-hydrogen) atoms. The van der Waals surface area contributed by atoms with Crippen molar-refractivity contribution in [3.8, 4) is 0 Å². The minimum Gasteiger partial charge on any atom is -0.469 e. The number of esters is 4. The highest BCUT2D eigenvalue weighted by Gasteiger charge is 2.65. The van der Waals surface area contributed by atoms with Crippen LogP contribution in [0, 0.1) is 47.3 Å². The molecule has 0 aromatic carbocycles. The van der Waals surface area contributed by atoms with E-state index in [1.165, 1.54) is 28.4 Å². The molecule has 3 saturated carbocycles. The van der Waals surface area contributed by atoms with Gasteiger partial charge in [0.15, 0.2) is 0 Å². The molecule has 8 atom stereocenters. The Morgan fingerprint density at radius 2 is 0.852 bits per heavy atom. The van der Waals surface area contributed by atoms with Gasteiger partial charge < -0.3 is 18.9 Å². The molecule has 2 unspecified atom stereocenters. The van der Waals surface area contributed by atoms with Crippen molar-refractivity contribution in [1.29, 1.82) is 0 Å². The zero-order chi connectivity index (χ0) is 19.9. The van der Waals surface area contributed by atoms with Gasteiger partial charge in [0.05, 0.1) is 52.1 Å². The van der Waals surface area contributed by atoms with Crippen molar-refractivity contribution in [1.82, 2.24) is 0 Å². The Balaban J connectivity index is 1.93. The van der Waals surface area contributed by atoms with Crippen molar-refractivity contribution in [3.63, 3.8) is 0 Å². The summed E-state index contributed by atoms with van der Waals surface area (Å²) in [5.41, 5.74) is 0. The Morgan fingerprint density at radius 1 is 0.519 bits per heavy atom. The van der Waals surface area contributed by atoms with Crippen LogP contribution in [0.5, 0.6) is 0 Å². The molecule has 0 spiro atoms. The molecule has 0 radical (unpaired) electrons. The van der Waals surface area contributed by atoms with Crippen LogP contribution in [-0.4, -0.2) is 52.3 Å². The van der Waals surface area contributed by atoms with Crippen molar-refractivity contribution in [2.75, 3.05) is 28.4 Å². The Bertz CT molecular complexity index is 590. The van der Waals surface area contributed by atoms with Gasteiger partial charge >= 0.3 is 23.9 Å². The summed E-state index contributed by atoms with van der Waals surface area (Å²) in [4.78, 5) is 49.4. The summed E-state index contributed by atoms with van der Waals surface area (Å²) >= 11 is 0. The van der Waals surface area contributed by atoms with Crippen LogP contribution in [0.1, 0.15) is 19.3 Å². The lowest BCUT2D eigenvalue weighted by Crippen LogP contribution is -2.49. The standard InChI is InChI=1S/C19H26O8/c1-24-16(20)12-5-8-9(6-13(12)17(21)25-2)11-7-10(8)14(18(22)26-3)15(11)19(23)27-4/h8-15H,5-7H2,1-4H3/t8?,9?,10-,11+,12-,13+,14-,15+. The van der Waals surface area contributed by atoms with Crippen LogP contribution >= 0.6 is 0 Å². The fourth-order valence-corrected chi connectivity index (χ4v) is 6.01.